The maximum atomic E-state index is 12.2. The number of hydrogen-bond acceptors (Lipinski definition) is 5. The summed E-state index contributed by atoms with van der Waals surface area (Å²) in [7, 11) is -3.67. The van der Waals surface area contributed by atoms with Gasteiger partial charge in [-0.1, -0.05) is 48.0 Å². The second-order valence-electron chi connectivity index (χ2n) is 7.09. The molecule has 27 heavy (non-hydrogen) atoms. The molecule has 1 aliphatic rings. The lowest BCUT2D eigenvalue weighted by Crippen LogP contribution is -2.26. The molecule has 0 aliphatic carbocycles. The van der Waals surface area contributed by atoms with Gasteiger partial charge in [0.25, 0.3) is 10.1 Å². The Morgan fingerprint density at radius 2 is 1.81 bits per heavy atom. The minimum Gasteiger partial charge on any atom is -0.375 e. The summed E-state index contributed by atoms with van der Waals surface area (Å²) in [5.74, 6) is 0.406. The monoisotopic (exact) mass is 389 g/mol. The average molecular weight is 390 g/mol. The first-order valence-corrected chi connectivity index (χ1v) is 10.7. The number of aryl methyl sites for hydroxylation is 1. The Morgan fingerprint density at radius 1 is 1.07 bits per heavy atom. The number of hydrogen-bond donors (Lipinski definition) is 1. The van der Waals surface area contributed by atoms with E-state index in [0.29, 0.717) is 31.6 Å². The molecular weight excluding hydrogens is 362 g/mol. The standard InChI is InChI=1S/C21H27NO4S/c1-17-7-9-21(10-8-17)27(23,24)26-12-11-19-13-20(22-14-19)16-25-15-18-5-3-2-4-6-18/h2-10,19-20,22H,11-16H2,1H3/t19?,20-/m0/s1. The van der Waals surface area contributed by atoms with E-state index < -0.39 is 10.1 Å². The van der Waals surface area contributed by atoms with E-state index in [-0.39, 0.29) is 11.5 Å². The summed E-state index contributed by atoms with van der Waals surface area (Å²) in [4.78, 5) is 0.213. The molecule has 0 amide bonds. The van der Waals surface area contributed by atoms with Gasteiger partial charge in [-0.2, -0.15) is 8.42 Å². The molecule has 1 saturated heterocycles. The van der Waals surface area contributed by atoms with Crippen LogP contribution in [0.4, 0.5) is 0 Å². The van der Waals surface area contributed by atoms with Gasteiger partial charge in [0, 0.05) is 6.04 Å². The molecule has 2 aromatic carbocycles. The highest BCUT2D eigenvalue weighted by atomic mass is 32.2. The van der Waals surface area contributed by atoms with Crippen LogP contribution in [0.25, 0.3) is 0 Å². The normalized spacial score (nSPS) is 20.0. The molecule has 0 spiro atoms. The lowest BCUT2D eigenvalue weighted by molar-refractivity contribution is 0.102. The molecule has 0 saturated carbocycles. The van der Waals surface area contributed by atoms with E-state index >= 15 is 0 Å². The second kappa shape index (κ2) is 9.46. The van der Waals surface area contributed by atoms with Gasteiger partial charge in [0.1, 0.15) is 0 Å². The van der Waals surface area contributed by atoms with Crippen molar-refractivity contribution in [3.63, 3.8) is 0 Å². The van der Waals surface area contributed by atoms with Crippen molar-refractivity contribution in [1.82, 2.24) is 5.32 Å². The Morgan fingerprint density at radius 3 is 2.56 bits per heavy atom. The summed E-state index contributed by atoms with van der Waals surface area (Å²) in [5, 5.41) is 3.45. The Labute approximate surface area is 161 Å². The van der Waals surface area contributed by atoms with E-state index in [1.54, 1.807) is 24.3 Å². The van der Waals surface area contributed by atoms with Gasteiger partial charge in [0.2, 0.25) is 0 Å². The molecule has 1 N–H and O–H groups in total. The first-order chi connectivity index (χ1) is 13.0. The highest BCUT2D eigenvalue weighted by Gasteiger charge is 2.25. The van der Waals surface area contributed by atoms with Gasteiger partial charge in [-0.15, -0.1) is 0 Å². The van der Waals surface area contributed by atoms with Crippen molar-refractivity contribution in [2.24, 2.45) is 5.92 Å². The summed E-state index contributed by atoms with van der Waals surface area (Å²) < 4.78 is 35.4. The first kappa shape index (κ1) is 20.0. The zero-order valence-corrected chi connectivity index (χ0v) is 16.5. The van der Waals surface area contributed by atoms with Gasteiger partial charge in [-0.3, -0.25) is 4.18 Å². The predicted molar refractivity (Wildman–Crippen MR) is 105 cm³/mol. The molecule has 6 heteroatoms. The van der Waals surface area contributed by atoms with Gasteiger partial charge < -0.3 is 10.1 Å². The molecule has 0 aromatic heterocycles. The fourth-order valence-electron chi connectivity index (χ4n) is 3.24. The zero-order chi connectivity index (χ0) is 19.1. The molecule has 0 radical (unpaired) electrons. The van der Waals surface area contributed by atoms with Crippen LogP contribution in [0.2, 0.25) is 0 Å². The minimum absolute atomic E-state index is 0.208. The van der Waals surface area contributed by atoms with Crippen molar-refractivity contribution >= 4 is 10.1 Å². The van der Waals surface area contributed by atoms with Crippen molar-refractivity contribution < 1.29 is 17.3 Å². The van der Waals surface area contributed by atoms with Crippen LogP contribution in [0.1, 0.15) is 24.0 Å². The summed E-state index contributed by atoms with van der Waals surface area (Å²) in [6.07, 6.45) is 1.69. The molecular formula is C21H27NO4S. The maximum absolute atomic E-state index is 12.2. The Balaban J connectivity index is 1.35. The molecule has 1 fully saturated rings. The third-order valence-electron chi connectivity index (χ3n) is 4.82. The van der Waals surface area contributed by atoms with Crippen molar-refractivity contribution in [2.75, 3.05) is 19.8 Å². The average Bonchev–Trinajstić information content (AvgIpc) is 3.10. The highest BCUT2D eigenvalue weighted by molar-refractivity contribution is 7.86. The molecule has 1 heterocycles. The quantitative estimate of drug-likeness (QED) is 0.667. The SMILES string of the molecule is Cc1ccc(S(=O)(=O)OCCC2CN[C@H](COCc3ccccc3)C2)cc1. The predicted octanol–water partition coefficient (Wildman–Crippen LogP) is 3.29. The Kier molecular flexibility index (Phi) is 7.01. The molecule has 5 nitrogen and oxygen atoms in total. The van der Waals surface area contributed by atoms with Crippen molar-refractivity contribution in [3.8, 4) is 0 Å². The maximum Gasteiger partial charge on any atom is 0.296 e. The van der Waals surface area contributed by atoms with Crippen molar-refractivity contribution in [3.05, 3.63) is 65.7 Å². The van der Waals surface area contributed by atoms with E-state index in [0.717, 1.165) is 18.5 Å². The van der Waals surface area contributed by atoms with Crippen LogP contribution < -0.4 is 5.32 Å². The van der Waals surface area contributed by atoms with Crippen LogP contribution in [0.15, 0.2) is 59.5 Å². The highest BCUT2D eigenvalue weighted by Crippen LogP contribution is 2.20. The Bertz CT molecular complexity index is 806. The smallest absolute Gasteiger partial charge is 0.296 e. The number of benzene rings is 2. The van der Waals surface area contributed by atoms with E-state index in [2.05, 4.69) is 17.4 Å². The third kappa shape index (κ3) is 6.14. The lowest BCUT2D eigenvalue weighted by Gasteiger charge is -2.12. The van der Waals surface area contributed by atoms with Crippen LogP contribution in [0.3, 0.4) is 0 Å². The summed E-state index contributed by atoms with van der Waals surface area (Å²) in [5.41, 5.74) is 2.19. The minimum atomic E-state index is -3.67. The third-order valence-corrected chi connectivity index (χ3v) is 6.14. The van der Waals surface area contributed by atoms with Gasteiger partial charge in [-0.05, 0) is 49.9 Å². The zero-order valence-electron chi connectivity index (χ0n) is 15.6. The largest absolute Gasteiger partial charge is 0.375 e. The van der Waals surface area contributed by atoms with Crippen LogP contribution in [-0.4, -0.2) is 34.2 Å². The molecule has 3 rings (SSSR count). The molecule has 1 aliphatic heterocycles. The number of nitrogens with one attached hydrogen (secondary N) is 1. The van der Waals surface area contributed by atoms with E-state index in [1.807, 2.05) is 25.1 Å². The Hall–Kier alpha value is -1.73. The molecule has 2 aromatic rings. The topological polar surface area (TPSA) is 64.6 Å². The van der Waals surface area contributed by atoms with E-state index in [9.17, 15) is 8.42 Å². The fourth-order valence-corrected chi connectivity index (χ4v) is 4.16. The van der Waals surface area contributed by atoms with Crippen molar-refractivity contribution in [1.29, 1.82) is 0 Å². The van der Waals surface area contributed by atoms with Crippen molar-refractivity contribution in [2.45, 2.75) is 37.3 Å². The molecule has 2 atom stereocenters. The van der Waals surface area contributed by atoms with Crippen LogP contribution in [-0.2, 0) is 25.6 Å². The van der Waals surface area contributed by atoms with E-state index in [1.165, 1.54) is 5.56 Å². The van der Waals surface area contributed by atoms with Gasteiger partial charge >= 0.3 is 0 Å². The molecule has 1 unspecified atom stereocenters. The second-order valence-corrected chi connectivity index (χ2v) is 8.70. The summed E-state index contributed by atoms with van der Waals surface area (Å²) >= 11 is 0. The summed E-state index contributed by atoms with van der Waals surface area (Å²) in [6.45, 7) is 4.27. The first-order valence-electron chi connectivity index (χ1n) is 9.34. The lowest BCUT2D eigenvalue weighted by atomic mass is 10.0. The number of ether oxygens (including phenoxy) is 1. The van der Waals surface area contributed by atoms with E-state index in [4.69, 9.17) is 8.92 Å². The van der Waals surface area contributed by atoms with Gasteiger partial charge in [-0.25, -0.2) is 0 Å². The van der Waals surface area contributed by atoms with Crippen LogP contribution >= 0.6 is 0 Å². The molecule has 0 bridgehead atoms. The van der Waals surface area contributed by atoms with Gasteiger partial charge in [0.05, 0.1) is 24.7 Å². The van der Waals surface area contributed by atoms with Gasteiger partial charge in [0.15, 0.2) is 0 Å². The van der Waals surface area contributed by atoms with Crippen LogP contribution in [0, 0.1) is 12.8 Å². The molecule has 146 valence electrons. The number of rotatable bonds is 9. The fraction of sp³-hybridized carbons (Fsp3) is 0.429. The van der Waals surface area contributed by atoms with Crippen LogP contribution in [0.5, 0.6) is 0 Å². The summed E-state index contributed by atoms with van der Waals surface area (Å²) in [6, 6.07) is 17.1.